The lowest BCUT2D eigenvalue weighted by molar-refractivity contribution is 0.628. The van der Waals surface area contributed by atoms with E-state index in [-0.39, 0.29) is 0 Å². The van der Waals surface area contributed by atoms with Crippen LogP contribution >= 0.6 is 15.9 Å². The predicted octanol–water partition coefficient (Wildman–Crippen LogP) is 4.36. The molecule has 0 aliphatic heterocycles. The summed E-state index contributed by atoms with van der Waals surface area (Å²) in [6, 6.07) is 10.8. The van der Waals surface area contributed by atoms with Gasteiger partial charge in [-0.15, -0.1) is 0 Å². The number of hydrogen-bond donors (Lipinski definition) is 0. The van der Waals surface area contributed by atoms with Crippen molar-refractivity contribution in [2.24, 2.45) is 0 Å². The number of rotatable bonds is 5. The molecule has 0 nitrogen and oxygen atoms in total. The fraction of sp³-hybridized carbons (Fsp3) is 0.500. The summed E-state index contributed by atoms with van der Waals surface area (Å²) in [5.74, 6) is 0.709. The molecule has 1 aromatic carbocycles. The van der Waals surface area contributed by atoms with Gasteiger partial charge < -0.3 is 0 Å². The molecule has 0 amide bonds. The van der Waals surface area contributed by atoms with Gasteiger partial charge in [-0.05, 0) is 24.3 Å². The van der Waals surface area contributed by atoms with Gasteiger partial charge in [0.05, 0.1) is 0 Å². The molecule has 1 aromatic rings. The van der Waals surface area contributed by atoms with Crippen LogP contribution in [0, 0.1) is 0 Å². The lowest BCUT2D eigenvalue weighted by Crippen LogP contribution is -1.93. The summed E-state index contributed by atoms with van der Waals surface area (Å²) in [6.45, 7) is 2.31. The molecule has 0 bridgehead atoms. The van der Waals surface area contributed by atoms with Crippen molar-refractivity contribution in [3.63, 3.8) is 0 Å². The highest BCUT2D eigenvalue weighted by atomic mass is 79.9. The molecule has 0 heterocycles. The molecule has 1 rings (SSSR count). The Morgan fingerprint density at radius 2 is 1.85 bits per heavy atom. The second-order valence-corrected chi connectivity index (χ2v) is 4.29. The van der Waals surface area contributed by atoms with Crippen molar-refractivity contribution >= 4 is 15.9 Å². The Morgan fingerprint density at radius 1 is 1.15 bits per heavy atom. The Hall–Kier alpha value is -0.300. The van der Waals surface area contributed by atoms with Crippen molar-refractivity contribution in [1.82, 2.24) is 0 Å². The number of hydrogen-bond acceptors (Lipinski definition) is 0. The molecule has 0 unspecified atom stereocenters. The quantitative estimate of drug-likeness (QED) is 0.531. The molecule has 0 saturated heterocycles. The van der Waals surface area contributed by atoms with Gasteiger partial charge in [-0.25, -0.2) is 0 Å². The van der Waals surface area contributed by atoms with Gasteiger partial charge in [0.15, 0.2) is 0 Å². The minimum atomic E-state index is 0.709. The van der Waals surface area contributed by atoms with E-state index in [0.717, 1.165) is 5.33 Å². The summed E-state index contributed by atoms with van der Waals surface area (Å²) in [7, 11) is 0. The molecular weight excluding hydrogens is 224 g/mol. The zero-order valence-corrected chi connectivity index (χ0v) is 9.76. The molecule has 0 fully saturated rings. The molecule has 13 heavy (non-hydrogen) atoms. The first kappa shape index (κ1) is 10.8. The Balaban J connectivity index is 2.35. The number of halogens is 1. The molecule has 0 radical (unpaired) electrons. The number of benzene rings is 1. The summed E-state index contributed by atoms with van der Waals surface area (Å²) in [5.41, 5.74) is 1.47. The summed E-state index contributed by atoms with van der Waals surface area (Å²) < 4.78 is 0. The lowest BCUT2D eigenvalue weighted by atomic mass is 9.96. The first-order valence-electron chi connectivity index (χ1n) is 4.95. The smallest absolute Gasteiger partial charge is 0.00313 e. The second-order valence-electron chi connectivity index (χ2n) is 3.50. The maximum absolute atomic E-state index is 3.46. The average molecular weight is 241 g/mol. The van der Waals surface area contributed by atoms with Crippen LogP contribution in [0.25, 0.3) is 0 Å². The topological polar surface area (TPSA) is 0 Å². The van der Waals surface area contributed by atoms with E-state index in [2.05, 4.69) is 53.2 Å². The number of unbranched alkanes of at least 4 members (excludes halogenated alkanes) is 1. The van der Waals surface area contributed by atoms with Crippen molar-refractivity contribution in [1.29, 1.82) is 0 Å². The van der Waals surface area contributed by atoms with E-state index in [4.69, 9.17) is 0 Å². The van der Waals surface area contributed by atoms with E-state index < -0.39 is 0 Å². The standard InChI is InChI=1S/C12H17Br/c1-11(7-5-6-10-13)12-8-3-2-4-9-12/h2-4,8-9,11H,5-7,10H2,1H3/t11-/m0/s1. The highest BCUT2D eigenvalue weighted by molar-refractivity contribution is 9.09. The average Bonchev–Trinajstić information content (AvgIpc) is 2.19. The lowest BCUT2D eigenvalue weighted by Gasteiger charge is -2.10. The van der Waals surface area contributed by atoms with Gasteiger partial charge in [0.1, 0.15) is 0 Å². The maximum Gasteiger partial charge on any atom is 0.00313 e. The van der Waals surface area contributed by atoms with Crippen LogP contribution in [0.15, 0.2) is 30.3 Å². The van der Waals surface area contributed by atoms with Gasteiger partial charge >= 0.3 is 0 Å². The first-order chi connectivity index (χ1) is 6.34. The van der Waals surface area contributed by atoms with Crippen LogP contribution < -0.4 is 0 Å². The van der Waals surface area contributed by atoms with Crippen LogP contribution in [0.1, 0.15) is 37.7 Å². The maximum atomic E-state index is 3.46. The first-order valence-corrected chi connectivity index (χ1v) is 6.07. The SMILES string of the molecule is C[C@@H](CCCCBr)c1ccccc1. The molecule has 0 aromatic heterocycles. The van der Waals surface area contributed by atoms with E-state index in [0.29, 0.717) is 5.92 Å². The van der Waals surface area contributed by atoms with Gasteiger partial charge in [0.25, 0.3) is 0 Å². The monoisotopic (exact) mass is 240 g/mol. The summed E-state index contributed by atoms with van der Waals surface area (Å²) in [4.78, 5) is 0. The van der Waals surface area contributed by atoms with Crippen molar-refractivity contribution in [2.45, 2.75) is 32.1 Å². The van der Waals surface area contributed by atoms with Crippen molar-refractivity contribution in [3.05, 3.63) is 35.9 Å². The molecule has 1 heteroatoms. The third-order valence-corrected chi connectivity index (χ3v) is 2.95. The van der Waals surface area contributed by atoms with Gasteiger partial charge in [0, 0.05) is 5.33 Å². The van der Waals surface area contributed by atoms with E-state index in [1.807, 2.05) is 0 Å². The molecule has 0 spiro atoms. The zero-order chi connectivity index (χ0) is 9.52. The van der Waals surface area contributed by atoms with Crippen molar-refractivity contribution < 1.29 is 0 Å². The number of alkyl halides is 1. The highest BCUT2D eigenvalue weighted by Crippen LogP contribution is 2.20. The Bertz CT molecular complexity index is 218. The van der Waals surface area contributed by atoms with Crippen LogP contribution in [-0.4, -0.2) is 5.33 Å². The van der Waals surface area contributed by atoms with E-state index in [1.165, 1.54) is 24.8 Å². The van der Waals surface area contributed by atoms with Gasteiger partial charge in [-0.1, -0.05) is 59.6 Å². The van der Waals surface area contributed by atoms with E-state index >= 15 is 0 Å². The van der Waals surface area contributed by atoms with Crippen LogP contribution in [0.2, 0.25) is 0 Å². The molecular formula is C12H17Br. The molecule has 0 saturated carbocycles. The van der Waals surface area contributed by atoms with E-state index in [9.17, 15) is 0 Å². The van der Waals surface area contributed by atoms with Crippen LogP contribution in [0.3, 0.4) is 0 Å². The van der Waals surface area contributed by atoms with Gasteiger partial charge in [-0.2, -0.15) is 0 Å². The van der Waals surface area contributed by atoms with Crippen molar-refractivity contribution in [2.75, 3.05) is 5.33 Å². The predicted molar refractivity (Wildman–Crippen MR) is 62.5 cm³/mol. The normalized spacial score (nSPS) is 12.8. The minimum absolute atomic E-state index is 0.709. The van der Waals surface area contributed by atoms with Crippen LogP contribution in [0.4, 0.5) is 0 Å². The fourth-order valence-corrected chi connectivity index (χ4v) is 1.89. The second kappa shape index (κ2) is 6.20. The van der Waals surface area contributed by atoms with Crippen molar-refractivity contribution in [3.8, 4) is 0 Å². The summed E-state index contributed by atoms with van der Waals surface area (Å²) >= 11 is 3.46. The minimum Gasteiger partial charge on any atom is -0.0928 e. The fourth-order valence-electron chi connectivity index (χ4n) is 1.49. The summed E-state index contributed by atoms with van der Waals surface area (Å²) in [5, 5.41) is 1.13. The van der Waals surface area contributed by atoms with Crippen LogP contribution in [0.5, 0.6) is 0 Å². The third kappa shape index (κ3) is 3.95. The third-order valence-electron chi connectivity index (χ3n) is 2.39. The van der Waals surface area contributed by atoms with Gasteiger partial charge in [0.2, 0.25) is 0 Å². The summed E-state index contributed by atoms with van der Waals surface area (Å²) in [6.07, 6.45) is 3.91. The molecule has 0 aliphatic carbocycles. The largest absolute Gasteiger partial charge is 0.0928 e. The Kier molecular flexibility index (Phi) is 5.14. The van der Waals surface area contributed by atoms with E-state index in [1.54, 1.807) is 0 Å². The van der Waals surface area contributed by atoms with Gasteiger partial charge in [-0.3, -0.25) is 0 Å². The molecule has 1 atom stereocenters. The molecule has 0 N–H and O–H groups in total. The Labute approximate surface area is 89.5 Å². The zero-order valence-electron chi connectivity index (χ0n) is 8.17. The highest BCUT2D eigenvalue weighted by Gasteiger charge is 2.03. The Morgan fingerprint density at radius 3 is 2.46 bits per heavy atom. The molecule has 0 aliphatic rings. The van der Waals surface area contributed by atoms with Crippen LogP contribution in [-0.2, 0) is 0 Å². The molecule has 72 valence electrons.